The fraction of sp³-hybridized carbons (Fsp3) is 0.211. The summed E-state index contributed by atoms with van der Waals surface area (Å²) in [5.74, 6) is -0.478. The normalized spacial score (nSPS) is 11.6. The summed E-state index contributed by atoms with van der Waals surface area (Å²) in [6, 6.07) is 8.60. The molecule has 27 heavy (non-hydrogen) atoms. The van der Waals surface area contributed by atoms with Crippen molar-refractivity contribution in [2.24, 2.45) is 0 Å². The van der Waals surface area contributed by atoms with Gasteiger partial charge >= 0.3 is 12.1 Å². The Morgan fingerprint density at radius 2 is 1.81 bits per heavy atom. The number of carboxylic acids is 1. The van der Waals surface area contributed by atoms with E-state index in [0.29, 0.717) is 17.1 Å². The number of hydrogen-bond acceptors (Lipinski definition) is 3. The molecule has 142 valence electrons. The Bertz CT molecular complexity index is 1010. The Labute approximate surface area is 152 Å². The molecular formula is C19H16F3NO4. The molecule has 3 aromatic rings. The van der Waals surface area contributed by atoms with Gasteiger partial charge in [-0.1, -0.05) is 18.2 Å². The maximum absolute atomic E-state index is 13.4. The molecule has 5 nitrogen and oxygen atoms in total. The highest BCUT2D eigenvalue weighted by Gasteiger charge is 2.34. The Morgan fingerprint density at radius 3 is 2.41 bits per heavy atom. The van der Waals surface area contributed by atoms with Gasteiger partial charge in [0.15, 0.2) is 11.5 Å². The third-order valence-electron chi connectivity index (χ3n) is 4.25. The van der Waals surface area contributed by atoms with Crippen molar-refractivity contribution in [3.63, 3.8) is 0 Å². The number of fused-ring (bicyclic) bond motifs is 1. The molecule has 0 amide bonds. The zero-order valence-electron chi connectivity index (χ0n) is 14.5. The van der Waals surface area contributed by atoms with Crippen molar-refractivity contribution >= 4 is 16.9 Å². The summed E-state index contributed by atoms with van der Waals surface area (Å²) in [5, 5.41) is 9.48. The van der Waals surface area contributed by atoms with Gasteiger partial charge in [0, 0.05) is 10.9 Å². The summed E-state index contributed by atoms with van der Waals surface area (Å²) < 4.78 is 50.8. The number of ether oxygens (including phenoxy) is 2. The number of alkyl halides is 3. The summed E-state index contributed by atoms with van der Waals surface area (Å²) in [6.07, 6.45) is -5.03. The van der Waals surface area contributed by atoms with Crippen molar-refractivity contribution in [1.29, 1.82) is 0 Å². The monoisotopic (exact) mass is 379 g/mol. The number of halogens is 3. The van der Waals surface area contributed by atoms with Crippen LogP contribution in [0.1, 0.15) is 11.1 Å². The summed E-state index contributed by atoms with van der Waals surface area (Å²) in [5.41, 5.74) is -0.117. The van der Waals surface area contributed by atoms with E-state index in [4.69, 9.17) is 9.47 Å². The van der Waals surface area contributed by atoms with E-state index in [1.54, 1.807) is 18.2 Å². The minimum atomic E-state index is -4.58. The molecule has 0 aliphatic heterocycles. The van der Waals surface area contributed by atoms with Gasteiger partial charge in [-0.25, -0.2) is 0 Å². The lowest BCUT2D eigenvalue weighted by atomic mass is 10.0. The van der Waals surface area contributed by atoms with E-state index in [-0.39, 0.29) is 22.2 Å². The number of carboxylic acid groups (broad SMARTS) is 1. The smallest absolute Gasteiger partial charge is 0.418 e. The fourth-order valence-corrected chi connectivity index (χ4v) is 3.16. The highest BCUT2D eigenvalue weighted by Crippen LogP contribution is 2.43. The van der Waals surface area contributed by atoms with E-state index in [1.807, 2.05) is 0 Å². The maximum Gasteiger partial charge on any atom is 0.418 e. The largest absolute Gasteiger partial charge is 0.493 e. The van der Waals surface area contributed by atoms with Gasteiger partial charge in [0.25, 0.3) is 0 Å². The van der Waals surface area contributed by atoms with Gasteiger partial charge < -0.3 is 19.6 Å². The molecule has 0 spiro atoms. The first kappa shape index (κ1) is 18.6. The maximum atomic E-state index is 13.4. The second-order valence-electron chi connectivity index (χ2n) is 5.82. The van der Waals surface area contributed by atoms with Crippen LogP contribution in [0.2, 0.25) is 0 Å². The van der Waals surface area contributed by atoms with Crippen molar-refractivity contribution in [1.82, 2.24) is 4.98 Å². The highest BCUT2D eigenvalue weighted by molar-refractivity contribution is 5.96. The number of para-hydroxylation sites is 2. The van der Waals surface area contributed by atoms with Gasteiger partial charge in [0.05, 0.1) is 37.4 Å². The minimum Gasteiger partial charge on any atom is -0.493 e. The van der Waals surface area contributed by atoms with Crippen molar-refractivity contribution in [3.8, 4) is 22.8 Å². The molecule has 0 radical (unpaired) electrons. The van der Waals surface area contributed by atoms with E-state index in [0.717, 1.165) is 6.07 Å². The lowest BCUT2D eigenvalue weighted by Crippen LogP contribution is -2.05. The molecule has 8 heteroatoms. The SMILES string of the molecule is COc1cccc(-c2[nH]c3c(C(F)(F)F)cccc3c2CC(=O)O)c1OC. The topological polar surface area (TPSA) is 71.6 Å². The molecule has 1 heterocycles. The van der Waals surface area contributed by atoms with Gasteiger partial charge in [-0.05, 0) is 23.8 Å². The second-order valence-corrected chi connectivity index (χ2v) is 5.82. The van der Waals surface area contributed by atoms with Crippen molar-refractivity contribution in [2.75, 3.05) is 14.2 Å². The van der Waals surface area contributed by atoms with Crippen LogP contribution in [0, 0.1) is 0 Å². The number of aromatic amines is 1. The Hall–Kier alpha value is -3.16. The number of nitrogens with one attached hydrogen (secondary N) is 1. The quantitative estimate of drug-likeness (QED) is 0.685. The number of carbonyl (C=O) groups is 1. The first-order chi connectivity index (χ1) is 12.8. The van der Waals surface area contributed by atoms with E-state index in [1.165, 1.54) is 26.4 Å². The van der Waals surface area contributed by atoms with Crippen molar-refractivity contribution in [2.45, 2.75) is 12.6 Å². The summed E-state index contributed by atoms with van der Waals surface area (Å²) in [4.78, 5) is 14.1. The van der Waals surface area contributed by atoms with Crippen LogP contribution in [0.25, 0.3) is 22.2 Å². The second kappa shape index (κ2) is 6.86. The number of aliphatic carboxylic acids is 1. The molecule has 0 aliphatic rings. The van der Waals surface area contributed by atoms with Gasteiger partial charge in [0.1, 0.15) is 0 Å². The number of benzene rings is 2. The number of methoxy groups -OCH3 is 2. The molecule has 0 atom stereocenters. The van der Waals surface area contributed by atoms with Gasteiger partial charge in [-0.15, -0.1) is 0 Å². The summed E-state index contributed by atoms with van der Waals surface area (Å²) >= 11 is 0. The Balaban J connectivity index is 2.38. The molecule has 0 saturated carbocycles. The van der Waals surface area contributed by atoms with Gasteiger partial charge in [-0.3, -0.25) is 4.79 Å². The predicted molar refractivity (Wildman–Crippen MR) is 93.2 cm³/mol. The average molecular weight is 379 g/mol. The van der Waals surface area contributed by atoms with E-state index in [9.17, 15) is 23.1 Å². The van der Waals surface area contributed by atoms with Crippen LogP contribution < -0.4 is 9.47 Å². The molecule has 0 saturated heterocycles. The molecule has 2 N–H and O–H groups in total. The van der Waals surface area contributed by atoms with Crippen LogP contribution in [0.15, 0.2) is 36.4 Å². The van der Waals surface area contributed by atoms with Crippen LogP contribution in [-0.2, 0) is 17.4 Å². The van der Waals surface area contributed by atoms with E-state index >= 15 is 0 Å². The lowest BCUT2D eigenvalue weighted by Gasteiger charge is -2.13. The minimum absolute atomic E-state index is 0.166. The third-order valence-corrected chi connectivity index (χ3v) is 4.25. The standard InChI is InChI=1S/C19H16F3NO4/c1-26-14-8-4-6-11(18(14)27-2)16-12(9-15(24)25)10-5-3-7-13(17(10)23-16)19(20,21)22/h3-8,23H,9H2,1-2H3,(H,24,25). The van der Waals surface area contributed by atoms with Crippen molar-refractivity contribution < 1.29 is 32.5 Å². The molecular weight excluding hydrogens is 363 g/mol. The van der Waals surface area contributed by atoms with E-state index < -0.39 is 24.1 Å². The van der Waals surface area contributed by atoms with Crippen LogP contribution in [0.4, 0.5) is 13.2 Å². The molecule has 0 unspecified atom stereocenters. The summed E-state index contributed by atoms with van der Waals surface area (Å²) in [6.45, 7) is 0. The molecule has 3 rings (SSSR count). The number of hydrogen-bond donors (Lipinski definition) is 2. The van der Waals surface area contributed by atoms with Crippen molar-refractivity contribution in [3.05, 3.63) is 47.5 Å². The van der Waals surface area contributed by atoms with Crippen LogP contribution >= 0.6 is 0 Å². The zero-order valence-corrected chi connectivity index (χ0v) is 14.5. The van der Waals surface area contributed by atoms with Crippen LogP contribution in [0.5, 0.6) is 11.5 Å². The molecule has 2 aromatic carbocycles. The Kier molecular flexibility index (Phi) is 4.73. The zero-order chi connectivity index (χ0) is 19.8. The fourth-order valence-electron chi connectivity index (χ4n) is 3.16. The Morgan fingerprint density at radius 1 is 1.11 bits per heavy atom. The van der Waals surface area contributed by atoms with E-state index in [2.05, 4.69) is 4.98 Å². The number of aromatic nitrogens is 1. The molecule has 0 bridgehead atoms. The van der Waals surface area contributed by atoms with Crippen LogP contribution in [0.3, 0.4) is 0 Å². The lowest BCUT2D eigenvalue weighted by molar-refractivity contribution is -0.137. The molecule has 0 aliphatic carbocycles. The average Bonchev–Trinajstić information content (AvgIpc) is 2.97. The van der Waals surface area contributed by atoms with Gasteiger partial charge in [0.2, 0.25) is 0 Å². The summed E-state index contributed by atoms with van der Waals surface area (Å²) in [7, 11) is 2.84. The van der Waals surface area contributed by atoms with Gasteiger partial charge in [-0.2, -0.15) is 13.2 Å². The third kappa shape index (κ3) is 3.30. The van der Waals surface area contributed by atoms with Crippen LogP contribution in [-0.4, -0.2) is 30.3 Å². The highest BCUT2D eigenvalue weighted by atomic mass is 19.4. The predicted octanol–water partition coefficient (Wildman–Crippen LogP) is 4.50. The first-order valence-corrected chi connectivity index (χ1v) is 7.91. The molecule has 0 fully saturated rings. The first-order valence-electron chi connectivity index (χ1n) is 7.91. The molecule has 1 aromatic heterocycles. The number of H-pyrrole nitrogens is 1. The number of rotatable bonds is 5.